The maximum atomic E-state index is 13.5. The summed E-state index contributed by atoms with van der Waals surface area (Å²) in [5.41, 5.74) is 0.656. The fourth-order valence-electron chi connectivity index (χ4n) is 1.86. The van der Waals surface area contributed by atoms with Crippen LogP contribution in [0.1, 0.15) is 25.0 Å². The number of hydrogen-bond donors (Lipinski definition) is 1. The number of rotatable bonds is 2. The van der Waals surface area contributed by atoms with Crippen LogP contribution in [0.2, 0.25) is 0 Å². The molecule has 1 aliphatic heterocycles. The molecule has 1 aliphatic rings. The Bertz CT molecular complexity index is 329. The predicted molar refractivity (Wildman–Crippen MR) is 57.2 cm³/mol. The van der Waals surface area contributed by atoms with Gasteiger partial charge in [0, 0.05) is 18.7 Å². The third-order valence-corrected chi connectivity index (χ3v) is 2.77. The summed E-state index contributed by atoms with van der Waals surface area (Å²) in [6.07, 6.45) is 1.01. The molecule has 2 rings (SSSR count). The number of ether oxygens (including phenoxy) is 1. The minimum atomic E-state index is -0.180. The van der Waals surface area contributed by atoms with Crippen LogP contribution in [0.5, 0.6) is 0 Å². The maximum Gasteiger partial charge on any atom is 0.129 e. The van der Waals surface area contributed by atoms with E-state index in [2.05, 4.69) is 12.2 Å². The van der Waals surface area contributed by atoms with Gasteiger partial charge in [0.1, 0.15) is 5.82 Å². The van der Waals surface area contributed by atoms with E-state index >= 15 is 0 Å². The van der Waals surface area contributed by atoms with E-state index in [1.165, 1.54) is 6.07 Å². The molecule has 2 atom stereocenters. The van der Waals surface area contributed by atoms with Crippen molar-refractivity contribution < 1.29 is 9.13 Å². The van der Waals surface area contributed by atoms with Gasteiger partial charge in [-0.3, -0.25) is 0 Å². The summed E-state index contributed by atoms with van der Waals surface area (Å²) in [4.78, 5) is 0. The van der Waals surface area contributed by atoms with Crippen molar-refractivity contribution in [1.29, 1.82) is 0 Å². The van der Waals surface area contributed by atoms with Crippen LogP contribution in [-0.2, 0) is 4.74 Å². The molecule has 1 heterocycles. The van der Waals surface area contributed by atoms with Gasteiger partial charge in [0.25, 0.3) is 0 Å². The molecule has 1 N–H and O–H groups in total. The van der Waals surface area contributed by atoms with Crippen molar-refractivity contribution in [3.05, 3.63) is 35.6 Å². The van der Waals surface area contributed by atoms with E-state index in [1.807, 2.05) is 6.07 Å². The summed E-state index contributed by atoms with van der Waals surface area (Å²) < 4.78 is 19.3. The lowest BCUT2D eigenvalue weighted by atomic mass is 10.1. The topological polar surface area (TPSA) is 21.3 Å². The average molecular weight is 209 g/mol. The Labute approximate surface area is 89.4 Å². The van der Waals surface area contributed by atoms with Gasteiger partial charge in [-0.2, -0.15) is 0 Å². The van der Waals surface area contributed by atoms with Crippen molar-refractivity contribution in [1.82, 2.24) is 5.32 Å². The third-order valence-electron chi connectivity index (χ3n) is 2.77. The largest absolute Gasteiger partial charge is 0.368 e. The lowest BCUT2D eigenvalue weighted by Gasteiger charge is -2.30. The lowest BCUT2D eigenvalue weighted by Crippen LogP contribution is -2.40. The van der Waals surface area contributed by atoms with Crippen LogP contribution in [-0.4, -0.2) is 19.2 Å². The van der Waals surface area contributed by atoms with Crippen molar-refractivity contribution in [3.8, 4) is 0 Å². The van der Waals surface area contributed by atoms with Gasteiger partial charge >= 0.3 is 0 Å². The highest BCUT2D eigenvalue weighted by molar-refractivity contribution is 5.20. The second kappa shape index (κ2) is 4.73. The zero-order chi connectivity index (χ0) is 10.7. The van der Waals surface area contributed by atoms with Crippen molar-refractivity contribution in [2.45, 2.75) is 25.6 Å². The van der Waals surface area contributed by atoms with Gasteiger partial charge in [0.15, 0.2) is 0 Å². The fraction of sp³-hybridized carbons (Fsp3) is 0.500. The van der Waals surface area contributed by atoms with Gasteiger partial charge in [-0.25, -0.2) is 4.39 Å². The molecule has 0 spiro atoms. The van der Waals surface area contributed by atoms with Crippen LogP contribution in [0.15, 0.2) is 24.3 Å². The molecule has 0 saturated carbocycles. The maximum absolute atomic E-state index is 13.5. The van der Waals surface area contributed by atoms with Crippen molar-refractivity contribution in [2.24, 2.45) is 0 Å². The van der Waals surface area contributed by atoms with Gasteiger partial charge in [-0.15, -0.1) is 0 Å². The Morgan fingerprint density at radius 2 is 2.20 bits per heavy atom. The molecular weight excluding hydrogens is 193 g/mol. The molecule has 0 amide bonds. The van der Waals surface area contributed by atoms with E-state index < -0.39 is 0 Å². The zero-order valence-electron chi connectivity index (χ0n) is 8.87. The van der Waals surface area contributed by atoms with E-state index in [-0.39, 0.29) is 18.0 Å². The molecule has 82 valence electrons. The van der Waals surface area contributed by atoms with E-state index in [0.717, 1.165) is 13.0 Å². The lowest BCUT2D eigenvalue weighted by molar-refractivity contribution is -0.0414. The SMILES string of the molecule is CCC1CNCC(c2ccccc2F)O1. The fourth-order valence-corrected chi connectivity index (χ4v) is 1.86. The number of nitrogens with one attached hydrogen (secondary N) is 1. The molecule has 0 aromatic heterocycles. The van der Waals surface area contributed by atoms with E-state index in [1.54, 1.807) is 12.1 Å². The molecule has 1 saturated heterocycles. The highest BCUT2D eigenvalue weighted by atomic mass is 19.1. The standard InChI is InChI=1S/C12H16FNO/c1-2-9-7-14-8-12(15-9)10-5-3-4-6-11(10)13/h3-6,9,12,14H,2,7-8H2,1H3. The van der Waals surface area contributed by atoms with E-state index in [4.69, 9.17) is 4.74 Å². The molecule has 0 bridgehead atoms. The first-order valence-corrected chi connectivity index (χ1v) is 5.42. The molecule has 1 aromatic carbocycles. The normalized spacial score (nSPS) is 26.5. The van der Waals surface area contributed by atoms with Gasteiger partial charge in [-0.05, 0) is 12.5 Å². The number of halogens is 1. The van der Waals surface area contributed by atoms with Crippen LogP contribution in [0, 0.1) is 5.82 Å². The molecule has 15 heavy (non-hydrogen) atoms. The second-order valence-electron chi connectivity index (χ2n) is 3.83. The second-order valence-corrected chi connectivity index (χ2v) is 3.83. The zero-order valence-corrected chi connectivity index (χ0v) is 8.87. The number of benzene rings is 1. The Kier molecular flexibility index (Phi) is 3.34. The quantitative estimate of drug-likeness (QED) is 0.806. The number of hydrogen-bond acceptors (Lipinski definition) is 2. The van der Waals surface area contributed by atoms with Crippen molar-refractivity contribution in [2.75, 3.05) is 13.1 Å². The molecule has 0 aliphatic carbocycles. The average Bonchev–Trinajstić information content (AvgIpc) is 2.30. The first-order valence-electron chi connectivity index (χ1n) is 5.42. The van der Waals surface area contributed by atoms with Gasteiger partial charge < -0.3 is 10.1 Å². The van der Waals surface area contributed by atoms with E-state index in [0.29, 0.717) is 12.1 Å². The molecule has 2 unspecified atom stereocenters. The van der Waals surface area contributed by atoms with Crippen LogP contribution in [0.4, 0.5) is 4.39 Å². The Hall–Kier alpha value is -0.930. The van der Waals surface area contributed by atoms with Gasteiger partial charge in [-0.1, -0.05) is 25.1 Å². The molecule has 1 fully saturated rings. The first kappa shape index (κ1) is 10.6. The van der Waals surface area contributed by atoms with Crippen LogP contribution in [0.25, 0.3) is 0 Å². The summed E-state index contributed by atoms with van der Waals surface area (Å²) in [5, 5.41) is 3.27. The molecule has 1 aromatic rings. The van der Waals surface area contributed by atoms with E-state index in [9.17, 15) is 4.39 Å². The van der Waals surface area contributed by atoms with Crippen LogP contribution in [0.3, 0.4) is 0 Å². The smallest absolute Gasteiger partial charge is 0.129 e. The molecule has 3 heteroatoms. The highest BCUT2D eigenvalue weighted by Crippen LogP contribution is 2.24. The molecule has 0 radical (unpaired) electrons. The Balaban J connectivity index is 2.13. The van der Waals surface area contributed by atoms with Gasteiger partial charge in [0.2, 0.25) is 0 Å². The Morgan fingerprint density at radius 1 is 1.40 bits per heavy atom. The summed E-state index contributed by atoms with van der Waals surface area (Å²) in [7, 11) is 0. The van der Waals surface area contributed by atoms with Crippen molar-refractivity contribution >= 4 is 0 Å². The van der Waals surface area contributed by atoms with Crippen molar-refractivity contribution in [3.63, 3.8) is 0 Å². The minimum Gasteiger partial charge on any atom is -0.368 e. The summed E-state index contributed by atoms with van der Waals surface area (Å²) in [6, 6.07) is 6.82. The molecule has 2 nitrogen and oxygen atoms in total. The summed E-state index contributed by atoms with van der Waals surface area (Å²) >= 11 is 0. The Morgan fingerprint density at radius 3 is 2.93 bits per heavy atom. The number of morpholine rings is 1. The van der Waals surface area contributed by atoms with Crippen LogP contribution >= 0.6 is 0 Å². The third kappa shape index (κ3) is 2.36. The predicted octanol–water partition coefficient (Wildman–Crippen LogP) is 2.27. The molecular formula is C12H16FNO. The first-order chi connectivity index (χ1) is 7.31. The highest BCUT2D eigenvalue weighted by Gasteiger charge is 2.23. The monoisotopic (exact) mass is 209 g/mol. The van der Waals surface area contributed by atoms with Crippen LogP contribution < -0.4 is 5.32 Å². The summed E-state index contributed by atoms with van der Waals surface area (Å²) in [6.45, 7) is 3.63. The summed E-state index contributed by atoms with van der Waals surface area (Å²) in [5.74, 6) is -0.180. The minimum absolute atomic E-state index is 0.148. The van der Waals surface area contributed by atoms with Gasteiger partial charge in [0.05, 0.1) is 12.2 Å².